The van der Waals surface area contributed by atoms with Gasteiger partial charge in [0.15, 0.2) is 11.5 Å². The highest BCUT2D eigenvalue weighted by Crippen LogP contribution is 2.29. The van der Waals surface area contributed by atoms with Crippen molar-refractivity contribution in [2.45, 2.75) is 38.7 Å². The summed E-state index contributed by atoms with van der Waals surface area (Å²) in [6, 6.07) is 4.42. The number of nitrogens with one attached hydrogen (secondary N) is 1. The van der Waals surface area contributed by atoms with Gasteiger partial charge >= 0.3 is 6.61 Å². The second-order valence-electron chi connectivity index (χ2n) is 6.46. The van der Waals surface area contributed by atoms with Gasteiger partial charge in [-0.2, -0.15) is 8.78 Å². The van der Waals surface area contributed by atoms with Crippen LogP contribution in [0.3, 0.4) is 0 Å². The normalized spacial score (nSPS) is 15.0. The molecule has 154 valence electrons. The molecule has 1 aromatic rings. The van der Waals surface area contributed by atoms with Crippen molar-refractivity contribution in [2.75, 3.05) is 26.7 Å². The van der Waals surface area contributed by atoms with Gasteiger partial charge in [-0.25, -0.2) is 0 Å². The van der Waals surface area contributed by atoms with Gasteiger partial charge in [0.1, 0.15) is 0 Å². The molecular formula is C20H26F2N2O4. The number of likely N-dealkylation sites (tertiary alicyclic amines) is 1. The third-order valence-corrected chi connectivity index (χ3v) is 4.41. The Balaban J connectivity index is 1.77. The van der Waals surface area contributed by atoms with Gasteiger partial charge in [0, 0.05) is 32.1 Å². The molecule has 0 unspecified atom stereocenters. The Morgan fingerprint density at radius 2 is 2.11 bits per heavy atom. The first-order chi connectivity index (χ1) is 13.5. The molecule has 0 radical (unpaired) electrons. The number of benzene rings is 1. The van der Waals surface area contributed by atoms with Crippen LogP contribution in [-0.4, -0.2) is 50.1 Å². The number of methoxy groups -OCH3 is 1. The molecule has 0 aromatic heterocycles. The predicted molar refractivity (Wildman–Crippen MR) is 101 cm³/mol. The highest BCUT2D eigenvalue weighted by atomic mass is 19.3. The maximum absolute atomic E-state index is 12.3. The van der Waals surface area contributed by atoms with Crippen LogP contribution < -0.4 is 14.8 Å². The van der Waals surface area contributed by atoms with Crippen molar-refractivity contribution >= 4 is 17.9 Å². The number of carbonyl (C=O) groups is 2. The molecule has 1 fully saturated rings. The minimum absolute atomic E-state index is 0.0674. The summed E-state index contributed by atoms with van der Waals surface area (Å²) in [4.78, 5) is 25.7. The fraction of sp³-hybridized carbons (Fsp3) is 0.500. The van der Waals surface area contributed by atoms with E-state index in [1.807, 2.05) is 4.90 Å². The van der Waals surface area contributed by atoms with Crippen LogP contribution in [0.2, 0.25) is 0 Å². The highest BCUT2D eigenvalue weighted by Gasteiger charge is 2.15. The molecule has 1 aliphatic heterocycles. The van der Waals surface area contributed by atoms with Gasteiger partial charge in [0.2, 0.25) is 11.8 Å². The Morgan fingerprint density at radius 1 is 1.29 bits per heavy atom. The summed E-state index contributed by atoms with van der Waals surface area (Å²) in [6.45, 7) is -1.03. The molecule has 1 aromatic carbocycles. The van der Waals surface area contributed by atoms with E-state index < -0.39 is 6.61 Å². The predicted octanol–water partition coefficient (Wildman–Crippen LogP) is 3.22. The van der Waals surface area contributed by atoms with Crippen LogP contribution in [0.15, 0.2) is 24.3 Å². The van der Waals surface area contributed by atoms with Gasteiger partial charge in [0.25, 0.3) is 0 Å². The van der Waals surface area contributed by atoms with E-state index in [-0.39, 0.29) is 23.3 Å². The molecule has 0 aliphatic carbocycles. The highest BCUT2D eigenvalue weighted by molar-refractivity contribution is 5.91. The number of alkyl halides is 2. The zero-order valence-corrected chi connectivity index (χ0v) is 16.0. The van der Waals surface area contributed by atoms with Crippen LogP contribution in [0.4, 0.5) is 8.78 Å². The summed E-state index contributed by atoms with van der Waals surface area (Å²) in [6.07, 6.45) is 7.30. The van der Waals surface area contributed by atoms with E-state index in [2.05, 4.69) is 10.1 Å². The summed E-state index contributed by atoms with van der Waals surface area (Å²) >= 11 is 0. The van der Waals surface area contributed by atoms with Gasteiger partial charge in [0.05, 0.1) is 7.11 Å². The van der Waals surface area contributed by atoms with Crippen molar-refractivity contribution in [2.24, 2.45) is 0 Å². The van der Waals surface area contributed by atoms with Crippen molar-refractivity contribution in [3.8, 4) is 11.5 Å². The molecule has 1 heterocycles. The SMILES string of the molecule is COc1cc(/C=C/C(=O)NCCCN2CCCCCC2=O)ccc1OC(F)F. The van der Waals surface area contributed by atoms with Crippen molar-refractivity contribution < 1.29 is 27.8 Å². The topological polar surface area (TPSA) is 67.9 Å². The van der Waals surface area contributed by atoms with Gasteiger partial charge in [-0.15, -0.1) is 0 Å². The van der Waals surface area contributed by atoms with Crippen LogP contribution in [0.5, 0.6) is 11.5 Å². The smallest absolute Gasteiger partial charge is 0.387 e. The quantitative estimate of drug-likeness (QED) is 0.514. The fourth-order valence-electron chi connectivity index (χ4n) is 2.97. The molecule has 28 heavy (non-hydrogen) atoms. The Bertz CT molecular complexity index is 695. The molecule has 6 nitrogen and oxygen atoms in total. The minimum atomic E-state index is -2.94. The number of amides is 2. The fourth-order valence-corrected chi connectivity index (χ4v) is 2.97. The average molecular weight is 396 g/mol. The number of halogens is 2. The maximum atomic E-state index is 12.3. The zero-order chi connectivity index (χ0) is 20.4. The number of carbonyl (C=O) groups excluding carboxylic acids is 2. The zero-order valence-electron chi connectivity index (χ0n) is 16.0. The van der Waals surface area contributed by atoms with E-state index in [4.69, 9.17) is 4.74 Å². The molecule has 1 N–H and O–H groups in total. The van der Waals surface area contributed by atoms with Gasteiger partial charge in [-0.05, 0) is 43.0 Å². The van der Waals surface area contributed by atoms with Gasteiger partial charge in [-0.1, -0.05) is 12.5 Å². The number of hydrogen-bond donors (Lipinski definition) is 1. The summed E-state index contributed by atoms with van der Waals surface area (Å²) < 4.78 is 34.0. The van der Waals surface area contributed by atoms with Crippen molar-refractivity contribution in [1.29, 1.82) is 0 Å². The van der Waals surface area contributed by atoms with Gasteiger partial charge in [-0.3, -0.25) is 9.59 Å². The largest absolute Gasteiger partial charge is 0.493 e. The average Bonchev–Trinajstić information content (AvgIpc) is 2.88. The molecule has 1 saturated heterocycles. The lowest BCUT2D eigenvalue weighted by atomic mass is 10.2. The van der Waals surface area contributed by atoms with Crippen molar-refractivity contribution in [3.05, 3.63) is 29.8 Å². The van der Waals surface area contributed by atoms with Crippen molar-refractivity contribution in [3.63, 3.8) is 0 Å². The number of ether oxygens (including phenoxy) is 2. The Kier molecular flexibility index (Phi) is 8.71. The van der Waals surface area contributed by atoms with Crippen LogP contribution in [-0.2, 0) is 9.59 Å². The standard InChI is InChI=1S/C20H26F2N2O4/c1-27-17-14-15(7-9-16(17)28-20(21)22)8-10-18(25)23-11-5-13-24-12-4-2-3-6-19(24)26/h7-10,14,20H,2-6,11-13H2,1H3,(H,23,25)/b10-8+. The molecule has 8 heteroatoms. The van der Waals surface area contributed by atoms with Crippen LogP contribution >= 0.6 is 0 Å². The monoisotopic (exact) mass is 396 g/mol. The Labute approximate surface area is 163 Å². The lowest BCUT2D eigenvalue weighted by molar-refractivity contribution is -0.130. The van der Waals surface area contributed by atoms with E-state index in [0.717, 1.165) is 25.8 Å². The number of nitrogens with zero attached hydrogens (tertiary/aromatic N) is 1. The first-order valence-corrected chi connectivity index (χ1v) is 9.36. The lowest BCUT2D eigenvalue weighted by Crippen LogP contribution is -2.33. The molecule has 0 spiro atoms. The maximum Gasteiger partial charge on any atom is 0.387 e. The number of hydrogen-bond acceptors (Lipinski definition) is 4. The van der Waals surface area contributed by atoms with E-state index >= 15 is 0 Å². The van der Waals surface area contributed by atoms with Crippen LogP contribution in [0.1, 0.15) is 37.7 Å². The molecule has 0 saturated carbocycles. The first kappa shape index (κ1) is 21.7. The molecule has 2 amide bonds. The van der Waals surface area contributed by atoms with E-state index in [0.29, 0.717) is 31.5 Å². The first-order valence-electron chi connectivity index (χ1n) is 9.36. The number of rotatable bonds is 9. The third-order valence-electron chi connectivity index (χ3n) is 4.41. The van der Waals surface area contributed by atoms with Crippen LogP contribution in [0.25, 0.3) is 6.08 Å². The molecule has 2 rings (SSSR count). The Morgan fingerprint density at radius 3 is 2.86 bits per heavy atom. The summed E-state index contributed by atoms with van der Waals surface area (Å²) in [5, 5.41) is 2.77. The molecule has 0 atom stereocenters. The van der Waals surface area contributed by atoms with Crippen molar-refractivity contribution in [1.82, 2.24) is 10.2 Å². The van der Waals surface area contributed by atoms with Gasteiger partial charge < -0.3 is 19.7 Å². The second kappa shape index (κ2) is 11.3. The summed E-state index contributed by atoms with van der Waals surface area (Å²) in [7, 11) is 1.35. The van der Waals surface area contributed by atoms with E-state index in [1.54, 1.807) is 12.1 Å². The molecule has 0 bridgehead atoms. The summed E-state index contributed by atoms with van der Waals surface area (Å²) in [5.41, 5.74) is 0.615. The molecule has 1 aliphatic rings. The summed E-state index contributed by atoms with van der Waals surface area (Å²) in [5.74, 6) is 0.0122. The van der Waals surface area contributed by atoms with E-state index in [1.165, 1.54) is 25.3 Å². The minimum Gasteiger partial charge on any atom is -0.493 e. The van der Waals surface area contributed by atoms with E-state index in [9.17, 15) is 18.4 Å². The third kappa shape index (κ3) is 7.17. The van der Waals surface area contributed by atoms with Crippen LogP contribution in [0, 0.1) is 0 Å². The Hall–Kier alpha value is -2.64. The molecular weight excluding hydrogens is 370 g/mol. The lowest BCUT2D eigenvalue weighted by Gasteiger charge is -2.20. The second-order valence-corrected chi connectivity index (χ2v) is 6.46.